The summed E-state index contributed by atoms with van der Waals surface area (Å²) in [6, 6.07) is 9.77. The molecule has 0 atom stereocenters. The number of nitrogens with one attached hydrogen (secondary N) is 1. The van der Waals surface area contributed by atoms with Crippen molar-refractivity contribution in [3.63, 3.8) is 0 Å². The van der Waals surface area contributed by atoms with Crippen LogP contribution < -0.4 is 5.32 Å². The highest BCUT2D eigenvalue weighted by molar-refractivity contribution is 5.22. The van der Waals surface area contributed by atoms with Gasteiger partial charge in [0.25, 0.3) is 0 Å². The van der Waals surface area contributed by atoms with Gasteiger partial charge in [-0.25, -0.2) is 0 Å². The van der Waals surface area contributed by atoms with Crippen LogP contribution in [-0.2, 0) is 17.9 Å². The summed E-state index contributed by atoms with van der Waals surface area (Å²) >= 11 is 0. The smallest absolute Gasteiger partial charge is 0.0717 e. The molecule has 3 nitrogen and oxygen atoms in total. The predicted molar refractivity (Wildman–Crippen MR) is 90.5 cm³/mol. The molecule has 0 fully saturated rings. The third-order valence-electron chi connectivity index (χ3n) is 3.66. The van der Waals surface area contributed by atoms with Crippen molar-refractivity contribution >= 4 is 0 Å². The lowest BCUT2D eigenvalue weighted by Gasteiger charge is -2.30. The van der Waals surface area contributed by atoms with E-state index in [4.69, 9.17) is 4.74 Å². The molecule has 3 heteroatoms. The van der Waals surface area contributed by atoms with Crippen molar-refractivity contribution in [2.24, 2.45) is 0 Å². The van der Waals surface area contributed by atoms with Gasteiger partial charge < -0.3 is 10.1 Å². The van der Waals surface area contributed by atoms with E-state index in [1.807, 2.05) is 0 Å². The number of hydrogen-bond donors (Lipinski definition) is 1. The molecule has 1 rings (SSSR count). The van der Waals surface area contributed by atoms with Crippen LogP contribution in [-0.4, -0.2) is 36.7 Å². The molecule has 0 saturated carbocycles. The zero-order valence-electron chi connectivity index (χ0n) is 14.4. The van der Waals surface area contributed by atoms with Crippen LogP contribution in [0.4, 0.5) is 0 Å². The summed E-state index contributed by atoms with van der Waals surface area (Å²) in [5, 5.41) is 3.35. The average Bonchev–Trinajstić information content (AvgIpc) is 2.44. The van der Waals surface area contributed by atoms with Crippen molar-refractivity contribution in [3.05, 3.63) is 35.4 Å². The van der Waals surface area contributed by atoms with Crippen molar-refractivity contribution in [1.82, 2.24) is 10.2 Å². The molecule has 0 unspecified atom stereocenters. The van der Waals surface area contributed by atoms with E-state index in [0.29, 0.717) is 18.7 Å². The van der Waals surface area contributed by atoms with Crippen molar-refractivity contribution in [1.29, 1.82) is 0 Å². The maximum absolute atomic E-state index is 5.85. The van der Waals surface area contributed by atoms with Crippen LogP contribution in [0.5, 0.6) is 0 Å². The Bertz CT molecular complexity index is 383. The fraction of sp³-hybridized carbons (Fsp3) is 0.667. The van der Waals surface area contributed by atoms with Gasteiger partial charge in [-0.05, 0) is 45.4 Å². The maximum atomic E-state index is 5.85. The van der Waals surface area contributed by atoms with E-state index in [1.165, 1.54) is 11.1 Å². The van der Waals surface area contributed by atoms with Gasteiger partial charge in [0.05, 0.1) is 13.2 Å². The zero-order chi connectivity index (χ0) is 15.7. The first-order valence-corrected chi connectivity index (χ1v) is 8.16. The van der Waals surface area contributed by atoms with Gasteiger partial charge in [0.15, 0.2) is 0 Å². The Labute approximate surface area is 130 Å². The molecular formula is C18H32N2O. The molecule has 0 saturated heterocycles. The van der Waals surface area contributed by atoms with Gasteiger partial charge in [-0.15, -0.1) is 0 Å². The Morgan fingerprint density at radius 3 is 2.38 bits per heavy atom. The molecule has 0 heterocycles. The van der Waals surface area contributed by atoms with Crippen molar-refractivity contribution < 1.29 is 4.74 Å². The van der Waals surface area contributed by atoms with Crippen molar-refractivity contribution in [3.8, 4) is 0 Å². The van der Waals surface area contributed by atoms with Gasteiger partial charge in [0, 0.05) is 25.2 Å². The number of rotatable bonds is 10. The zero-order valence-corrected chi connectivity index (χ0v) is 14.4. The monoisotopic (exact) mass is 292 g/mol. The number of nitrogens with zero attached hydrogens (tertiary/aromatic N) is 1. The summed E-state index contributed by atoms with van der Waals surface area (Å²) in [6.45, 7) is 15.5. The van der Waals surface area contributed by atoms with Gasteiger partial charge >= 0.3 is 0 Å². The molecule has 21 heavy (non-hydrogen) atoms. The lowest BCUT2D eigenvalue weighted by atomic mass is 10.1. The number of benzene rings is 1. The van der Waals surface area contributed by atoms with Gasteiger partial charge in [-0.3, -0.25) is 4.90 Å². The highest BCUT2D eigenvalue weighted by atomic mass is 16.5. The Morgan fingerprint density at radius 1 is 1.10 bits per heavy atom. The SMILES string of the molecule is CCNCc1cccc(COCCN(C(C)C)C(C)C)c1. The third kappa shape index (κ3) is 7.07. The summed E-state index contributed by atoms with van der Waals surface area (Å²) in [4.78, 5) is 2.46. The summed E-state index contributed by atoms with van der Waals surface area (Å²) < 4.78 is 5.85. The molecule has 0 aliphatic heterocycles. The summed E-state index contributed by atoms with van der Waals surface area (Å²) in [6.07, 6.45) is 0. The summed E-state index contributed by atoms with van der Waals surface area (Å²) in [7, 11) is 0. The first-order valence-electron chi connectivity index (χ1n) is 8.16. The molecule has 1 N–H and O–H groups in total. The van der Waals surface area contributed by atoms with E-state index in [0.717, 1.165) is 26.2 Å². The Morgan fingerprint density at radius 2 is 1.76 bits per heavy atom. The van der Waals surface area contributed by atoms with Crippen LogP contribution in [0.2, 0.25) is 0 Å². The van der Waals surface area contributed by atoms with Crippen molar-refractivity contribution in [2.75, 3.05) is 19.7 Å². The van der Waals surface area contributed by atoms with E-state index in [-0.39, 0.29) is 0 Å². The highest BCUT2D eigenvalue weighted by Gasteiger charge is 2.12. The third-order valence-corrected chi connectivity index (χ3v) is 3.66. The molecule has 1 aromatic rings. The first-order chi connectivity index (χ1) is 10.0. The first kappa shape index (κ1) is 18.1. The second-order valence-corrected chi connectivity index (χ2v) is 6.08. The van der Waals surface area contributed by atoms with Crippen LogP contribution in [0.1, 0.15) is 45.7 Å². The molecule has 0 aliphatic carbocycles. The molecular weight excluding hydrogens is 260 g/mol. The molecule has 0 bridgehead atoms. The van der Waals surface area contributed by atoms with Crippen LogP contribution in [0.25, 0.3) is 0 Å². The Balaban J connectivity index is 2.35. The minimum atomic E-state index is 0.567. The summed E-state index contributed by atoms with van der Waals surface area (Å²) in [5.74, 6) is 0. The Hall–Kier alpha value is -0.900. The van der Waals surface area contributed by atoms with Crippen LogP contribution >= 0.6 is 0 Å². The average molecular weight is 292 g/mol. The molecule has 0 spiro atoms. The molecule has 0 radical (unpaired) electrons. The predicted octanol–water partition coefficient (Wildman–Crippen LogP) is 3.43. The second kappa shape index (κ2) is 9.93. The van der Waals surface area contributed by atoms with E-state index >= 15 is 0 Å². The second-order valence-electron chi connectivity index (χ2n) is 6.08. The van der Waals surface area contributed by atoms with Gasteiger partial charge in [-0.2, -0.15) is 0 Å². The minimum absolute atomic E-state index is 0.567. The standard InChI is InChI=1S/C18H32N2O/c1-6-19-13-17-8-7-9-18(12-17)14-21-11-10-20(15(2)3)16(4)5/h7-9,12,15-16,19H,6,10-11,13-14H2,1-5H3. The van der Waals surface area contributed by atoms with E-state index in [1.54, 1.807) is 0 Å². The number of hydrogen-bond acceptors (Lipinski definition) is 3. The highest BCUT2D eigenvalue weighted by Crippen LogP contribution is 2.08. The van der Waals surface area contributed by atoms with Crippen molar-refractivity contribution in [2.45, 2.75) is 59.9 Å². The lowest BCUT2D eigenvalue weighted by Crippen LogP contribution is -2.39. The van der Waals surface area contributed by atoms with Crippen LogP contribution in [0.15, 0.2) is 24.3 Å². The van der Waals surface area contributed by atoms with E-state index < -0.39 is 0 Å². The lowest BCUT2D eigenvalue weighted by molar-refractivity contribution is 0.0699. The van der Waals surface area contributed by atoms with Crippen LogP contribution in [0, 0.1) is 0 Å². The van der Waals surface area contributed by atoms with Gasteiger partial charge in [0.1, 0.15) is 0 Å². The minimum Gasteiger partial charge on any atom is -0.375 e. The fourth-order valence-corrected chi connectivity index (χ4v) is 2.57. The Kier molecular flexibility index (Phi) is 8.58. The quantitative estimate of drug-likeness (QED) is 0.669. The topological polar surface area (TPSA) is 24.5 Å². The molecule has 0 aromatic heterocycles. The molecule has 0 aliphatic rings. The van der Waals surface area contributed by atoms with Crippen LogP contribution in [0.3, 0.4) is 0 Å². The number of ether oxygens (including phenoxy) is 1. The van der Waals surface area contributed by atoms with E-state index in [9.17, 15) is 0 Å². The molecule has 0 amide bonds. The largest absolute Gasteiger partial charge is 0.375 e. The molecule has 1 aromatic carbocycles. The summed E-state index contributed by atoms with van der Waals surface area (Å²) in [5.41, 5.74) is 2.58. The van der Waals surface area contributed by atoms with Gasteiger partial charge in [-0.1, -0.05) is 31.2 Å². The molecule has 120 valence electrons. The van der Waals surface area contributed by atoms with E-state index in [2.05, 4.69) is 69.1 Å². The fourth-order valence-electron chi connectivity index (χ4n) is 2.57. The normalized spacial score (nSPS) is 11.8. The maximum Gasteiger partial charge on any atom is 0.0717 e. The van der Waals surface area contributed by atoms with Gasteiger partial charge in [0.2, 0.25) is 0 Å².